The summed E-state index contributed by atoms with van der Waals surface area (Å²) in [5, 5.41) is 16.6. The largest absolute Gasteiger partial charge is 0.355 e. The van der Waals surface area contributed by atoms with Gasteiger partial charge in [-0.3, -0.25) is 14.9 Å². The molecule has 0 saturated heterocycles. The molecule has 6 nitrogen and oxygen atoms in total. The van der Waals surface area contributed by atoms with E-state index in [9.17, 15) is 14.9 Å². The number of nitrogens with one attached hydrogen (secondary N) is 2. The van der Waals surface area contributed by atoms with Gasteiger partial charge in [0, 0.05) is 24.7 Å². The minimum absolute atomic E-state index is 0.0659. The summed E-state index contributed by atoms with van der Waals surface area (Å²) >= 11 is 0. The first kappa shape index (κ1) is 15.1. The second-order valence-corrected chi connectivity index (χ2v) is 4.28. The fourth-order valence-electron chi connectivity index (χ4n) is 1.60. The third-order valence-corrected chi connectivity index (χ3v) is 2.73. The first-order chi connectivity index (χ1) is 9.06. The molecule has 1 unspecified atom stereocenters. The van der Waals surface area contributed by atoms with E-state index < -0.39 is 4.92 Å². The van der Waals surface area contributed by atoms with E-state index in [1.807, 2.05) is 6.92 Å². The van der Waals surface area contributed by atoms with E-state index in [1.165, 1.54) is 6.07 Å². The molecule has 0 aromatic heterocycles. The Morgan fingerprint density at radius 1 is 1.42 bits per heavy atom. The molecule has 2 N–H and O–H groups in total. The lowest BCUT2D eigenvalue weighted by Gasteiger charge is -2.13. The molecule has 0 saturated carbocycles. The van der Waals surface area contributed by atoms with Gasteiger partial charge in [-0.15, -0.1) is 0 Å². The van der Waals surface area contributed by atoms with E-state index in [0.29, 0.717) is 12.1 Å². The van der Waals surface area contributed by atoms with Gasteiger partial charge < -0.3 is 10.6 Å². The van der Waals surface area contributed by atoms with Crippen molar-refractivity contribution in [2.75, 3.05) is 6.54 Å². The van der Waals surface area contributed by atoms with Crippen molar-refractivity contribution in [1.29, 1.82) is 0 Å². The molecule has 0 aliphatic carbocycles. The van der Waals surface area contributed by atoms with Crippen molar-refractivity contribution >= 4 is 11.6 Å². The van der Waals surface area contributed by atoms with Crippen LogP contribution in [0.15, 0.2) is 24.3 Å². The van der Waals surface area contributed by atoms with E-state index in [4.69, 9.17) is 0 Å². The Morgan fingerprint density at radius 3 is 2.74 bits per heavy atom. The van der Waals surface area contributed by atoms with E-state index in [-0.39, 0.29) is 24.2 Å². The lowest BCUT2D eigenvalue weighted by molar-refractivity contribution is -0.385. The lowest BCUT2D eigenvalue weighted by Crippen LogP contribution is -2.42. The SMILES string of the molecule is CCCNC(=O)C(C)NCc1ccccc1[N+](=O)[O-]. The van der Waals surface area contributed by atoms with Gasteiger partial charge in [-0.05, 0) is 13.3 Å². The molecular formula is C13H19N3O3. The smallest absolute Gasteiger partial charge is 0.273 e. The molecule has 1 rings (SSSR count). The predicted octanol–water partition coefficient (Wildman–Crippen LogP) is 1.60. The van der Waals surface area contributed by atoms with E-state index in [1.54, 1.807) is 25.1 Å². The second kappa shape index (κ2) is 7.48. The highest BCUT2D eigenvalue weighted by Gasteiger charge is 2.15. The highest BCUT2D eigenvalue weighted by Crippen LogP contribution is 2.17. The van der Waals surface area contributed by atoms with Gasteiger partial charge in [-0.2, -0.15) is 0 Å². The zero-order valence-electron chi connectivity index (χ0n) is 11.2. The summed E-state index contributed by atoms with van der Waals surface area (Å²) in [7, 11) is 0. The van der Waals surface area contributed by atoms with Crippen LogP contribution in [0.1, 0.15) is 25.8 Å². The van der Waals surface area contributed by atoms with Crippen molar-refractivity contribution in [3.63, 3.8) is 0 Å². The number of nitro benzene ring substituents is 1. The fourth-order valence-corrected chi connectivity index (χ4v) is 1.60. The van der Waals surface area contributed by atoms with Crippen LogP contribution < -0.4 is 10.6 Å². The number of hydrogen-bond donors (Lipinski definition) is 2. The van der Waals surface area contributed by atoms with Gasteiger partial charge in [0.15, 0.2) is 0 Å². The molecular weight excluding hydrogens is 246 g/mol. The minimum Gasteiger partial charge on any atom is -0.355 e. The summed E-state index contributed by atoms with van der Waals surface area (Å²) in [6, 6.07) is 6.12. The van der Waals surface area contributed by atoms with Gasteiger partial charge in [0.25, 0.3) is 5.69 Å². The van der Waals surface area contributed by atoms with Crippen molar-refractivity contribution in [2.24, 2.45) is 0 Å². The molecule has 0 fully saturated rings. The van der Waals surface area contributed by atoms with Crippen LogP contribution in [0.4, 0.5) is 5.69 Å². The summed E-state index contributed by atoms with van der Waals surface area (Å²) in [5.74, 6) is -0.0968. The zero-order valence-corrected chi connectivity index (χ0v) is 11.2. The van der Waals surface area contributed by atoms with Crippen LogP contribution in [0.2, 0.25) is 0 Å². The normalized spacial score (nSPS) is 11.9. The Kier molecular flexibility index (Phi) is 5.95. The highest BCUT2D eigenvalue weighted by atomic mass is 16.6. The number of hydrogen-bond acceptors (Lipinski definition) is 4. The van der Waals surface area contributed by atoms with Gasteiger partial charge in [-0.25, -0.2) is 0 Å². The molecule has 1 amide bonds. The Morgan fingerprint density at radius 2 is 2.11 bits per heavy atom. The standard InChI is InChI=1S/C13H19N3O3/c1-3-8-14-13(17)10(2)15-9-11-6-4-5-7-12(11)16(18)19/h4-7,10,15H,3,8-9H2,1-2H3,(H,14,17). The first-order valence-electron chi connectivity index (χ1n) is 6.29. The molecule has 6 heteroatoms. The van der Waals surface area contributed by atoms with Gasteiger partial charge in [0.1, 0.15) is 0 Å². The Balaban J connectivity index is 2.57. The summed E-state index contributed by atoms with van der Waals surface area (Å²) in [6.07, 6.45) is 0.878. The maximum absolute atomic E-state index is 11.6. The average molecular weight is 265 g/mol. The quantitative estimate of drug-likeness (QED) is 0.579. The molecule has 1 atom stereocenters. The molecule has 104 valence electrons. The van der Waals surface area contributed by atoms with Gasteiger partial charge >= 0.3 is 0 Å². The maximum Gasteiger partial charge on any atom is 0.273 e. The summed E-state index contributed by atoms with van der Waals surface area (Å²) in [4.78, 5) is 22.1. The topological polar surface area (TPSA) is 84.3 Å². The number of para-hydroxylation sites is 1. The van der Waals surface area contributed by atoms with E-state index in [0.717, 1.165) is 6.42 Å². The Hall–Kier alpha value is -1.95. The molecule has 0 bridgehead atoms. The van der Waals surface area contributed by atoms with Crippen LogP contribution in [0.5, 0.6) is 0 Å². The lowest BCUT2D eigenvalue weighted by atomic mass is 10.1. The number of carbonyl (C=O) groups is 1. The molecule has 0 aliphatic rings. The van der Waals surface area contributed by atoms with Crippen LogP contribution in [0, 0.1) is 10.1 Å². The summed E-state index contributed by atoms with van der Waals surface area (Å²) < 4.78 is 0. The third kappa shape index (κ3) is 4.67. The first-order valence-corrected chi connectivity index (χ1v) is 6.29. The predicted molar refractivity (Wildman–Crippen MR) is 72.7 cm³/mol. The van der Waals surface area contributed by atoms with Crippen LogP contribution in [-0.4, -0.2) is 23.4 Å². The monoisotopic (exact) mass is 265 g/mol. The van der Waals surface area contributed by atoms with Crippen molar-refractivity contribution in [2.45, 2.75) is 32.9 Å². The Bertz CT molecular complexity index is 449. The fraction of sp³-hybridized carbons (Fsp3) is 0.462. The maximum atomic E-state index is 11.6. The van der Waals surface area contributed by atoms with Gasteiger partial charge in [0.05, 0.1) is 11.0 Å². The molecule has 0 heterocycles. The Labute approximate surface area is 112 Å². The molecule has 0 radical (unpaired) electrons. The van der Waals surface area contributed by atoms with Crippen molar-refractivity contribution in [1.82, 2.24) is 10.6 Å². The van der Waals surface area contributed by atoms with E-state index in [2.05, 4.69) is 10.6 Å². The van der Waals surface area contributed by atoms with Crippen LogP contribution in [0.25, 0.3) is 0 Å². The third-order valence-electron chi connectivity index (χ3n) is 2.73. The second-order valence-electron chi connectivity index (χ2n) is 4.28. The molecule has 1 aromatic carbocycles. The van der Waals surface area contributed by atoms with E-state index >= 15 is 0 Å². The number of rotatable bonds is 7. The molecule has 19 heavy (non-hydrogen) atoms. The number of nitrogens with zero attached hydrogens (tertiary/aromatic N) is 1. The van der Waals surface area contributed by atoms with Crippen molar-refractivity contribution in [3.05, 3.63) is 39.9 Å². The number of carbonyl (C=O) groups excluding carboxylic acids is 1. The van der Waals surface area contributed by atoms with Gasteiger partial charge in [-0.1, -0.05) is 25.1 Å². The number of benzene rings is 1. The molecule has 0 spiro atoms. The highest BCUT2D eigenvalue weighted by molar-refractivity contribution is 5.81. The zero-order chi connectivity index (χ0) is 14.3. The van der Waals surface area contributed by atoms with Gasteiger partial charge in [0.2, 0.25) is 5.91 Å². The number of amides is 1. The summed E-state index contributed by atoms with van der Waals surface area (Å²) in [5.41, 5.74) is 0.638. The van der Waals surface area contributed by atoms with Crippen molar-refractivity contribution in [3.8, 4) is 0 Å². The number of nitro groups is 1. The summed E-state index contributed by atoms with van der Waals surface area (Å²) in [6.45, 7) is 4.64. The molecule has 1 aromatic rings. The van der Waals surface area contributed by atoms with Crippen LogP contribution in [0.3, 0.4) is 0 Å². The van der Waals surface area contributed by atoms with Crippen molar-refractivity contribution < 1.29 is 9.72 Å². The van der Waals surface area contributed by atoms with Crippen LogP contribution >= 0.6 is 0 Å². The average Bonchev–Trinajstić information content (AvgIpc) is 2.42. The molecule has 0 aliphatic heterocycles. The van der Waals surface area contributed by atoms with Crippen LogP contribution in [-0.2, 0) is 11.3 Å². The minimum atomic E-state index is -0.418.